The third-order valence-electron chi connectivity index (χ3n) is 17.4. The molecule has 0 aliphatic heterocycles. The maximum absolute atomic E-state index is 15.4. The smallest absolute Gasteiger partial charge is 0.489 e. The molecule has 0 heterocycles. The maximum atomic E-state index is 15.4. The second-order valence-electron chi connectivity index (χ2n) is 34.6. The van der Waals surface area contributed by atoms with Crippen LogP contribution in [0.4, 0.5) is 0 Å². The monoisotopic (exact) mass is 1140 g/mol. The fourth-order valence-electron chi connectivity index (χ4n) is 12.3. The van der Waals surface area contributed by atoms with E-state index in [0.29, 0.717) is 27.8 Å². The van der Waals surface area contributed by atoms with Crippen molar-refractivity contribution in [3.8, 4) is 0 Å². The lowest BCUT2D eigenvalue weighted by Crippen LogP contribution is -2.60. The molecule has 0 radical (unpaired) electrons. The third-order valence-corrected chi connectivity index (χ3v) is 17.8. The van der Waals surface area contributed by atoms with Gasteiger partial charge in [-0.1, -0.05) is 299 Å². The van der Waals surface area contributed by atoms with Crippen LogP contribution >= 0.6 is 8.25 Å². The zero-order valence-corrected chi connectivity index (χ0v) is 57.8. The van der Waals surface area contributed by atoms with Crippen molar-refractivity contribution >= 4 is 8.25 Å². The van der Waals surface area contributed by atoms with Crippen molar-refractivity contribution in [3.63, 3.8) is 0 Å². The van der Waals surface area contributed by atoms with Gasteiger partial charge in [0.05, 0.1) is 18.3 Å². The van der Waals surface area contributed by atoms with Crippen LogP contribution in [-0.2, 0) is 68.8 Å². The van der Waals surface area contributed by atoms with Gasteiger partial charge in [-0.25, -0.2) is 0 Å². The summed E-state index contributed by atoms with van der Waals surface area (Å²) >= 11 is 0. The number of rotatable bonds is 11. The van der Waals surface area contributed by atoms with Crippen LogP contribution in [0.3, 0.4) is 0 Å². The normalized spacial score (nSPS) is 16.2. The summed E-state index contributed by atoms with van der Waals surface area (Å²) in [6.07, 6.45) is -5.69. The van der Waals surface area contributed by atoms with E-state index in [1.807, 2.05) is 60.7 Å². The molecule has 4 unspecified atom stereocenters. The second-order valence-corrected chi connectivity index (χ2v) is 35.2. The molecule has 0 spiro atoms. The van der Waals surface area contributed by atoms with Gasteiger partial charge in [-0.2, -0.15) is 0 Å². The molecule has 452 valence electrons. The Morgan fingerprint density at radius 1 is 0.305 bits per heavy atom. The van der Waals surface area contributed by atoms with Crippen molar-refractivity contribution in [1.29, 1.82) is 0 Å². The summed E-state index contributed by atoms with van der Waals surface area (Å²) in [4.78, 5) is 15.2. The predicted octanol–water partition coefficient (Wildman–Crippen LogP) is 19.1. The summed E-state index contributed by atoms with van der Waals surface area (Å²) in [7, 11) is -3.92. The van der Waals surface area contributed by atoms with Crippen molar-refractivity contribution in [3.05, 3.63) is 174 Å². The molecule has 5 aromatic rings. The van der Waals surface area contributed by atoms with E-state index in [-0.39, 0.29) is 27.1 Å². The fourth-order valence-corrected chi connectivity index (χ4v) is 12.9. The fraction of sp³-hybridized carbons (Fsp3) is 0.600. The molecule has 5 aromatic carbocycles. The molecule has 0 fully saturated rings. The van der Waals surface area contributed by atoms with Crippen molar-refractivity contribution in [2.75, 3.05) is 0 Å². The van der Waals surface area contributed by atoms with E-state index in [9.17, 15) is 0 Å². The Labute approximate surface area is 500 Å². The first-order chi connectivity index (χ1) is 36.6. The minimum atomic E-state index is -3.92. The molecule has 7 heteroatoms. The molecule has 0 aliphatic carbocycles. The zero-order chi connectivity index (χ0) is 63.3. The van der Waals surface area contributed by atoms with E-state index in [1.165, 1.54) is 0 Å². The molecule has 0 bridgehead atoms. The molecule has 3 N–H and O–H groups in total. The first-order valence-electron chi connectivity index (χ1n) is 30.2. The standard InChI is InChI=1S/C75H111O6P/c1-64(2,3)46-31-36-51(56(41-46)69(16,17)18)61(76)74(62(77)52-37-32-47(65(4,5)6)42-57(52)70(19,20)21,63(78)53-38-33-48(66(7,8)9)43-58(53)71(22,23)24)75(81-82(79)80,54-39-34-49(67(10,11)12)44-59(54)72(25,26)27)55-40-35-50(68(13,14)15)45-60(55)73(28,29)30/h31-45,61-63,76-78H,1-30H3. The number of benzene rings is 5. The SMILES string of the molecule is CC(C)(C)c1ccc(C(O)C(C(O)c2ccc(C(C)(C)C)cc2C(C)(C)C)(C(O)c2ccc(C(C)(C)C)cc2C(C)(C)C)C(O[P+](=O)[O-])(c2ccc(C(C)(C)C)cc2C(C)(C)C)c2ccc(C(C)(C)C)cc2C(C)(C)C)c(C(C)(C)C)c1. The highest BCUT2D eigenvalue weighted by molar-refractivity contribution is 7.30. The molecular weight excluding hydrogens is 1030 g/mol. The maximum Gasteiger partial charge on any atom is 0.489 e. The van der Waals surface area contributed by atoms with E-state index in [2.05, 4.69) is 238 Å². The van der Waals surface area contributed by atoms with Crippen LogP contribution in [-0.4, -0.2) is 15.3 Å². The topological polar surface area (TPSA) is 110 Å². The lowest BCUT2D eigenvalue weighted by molar-refractivity contribution is -0.254. The molecule has 6 nitrogen and oxygen atoms in total. The number of hydrogen-bond acceptors (Lipinski definition) is 6. The zero-order valence-electron chi connectivity index (χ0n) is 56.9. The molecule has 0 amide bonds. The van der Waals surface area contributed by atoms with Gasteiger partial charge < -0.3 is 20.2 Å². The van der Waals surface area contributed by atoms with Gasteiger partial charge >= 0.3 is 8.25 Å². The van der Waals surface area contributed by atoms with Gasteiger partial charge in [0, 0.05) is 0 Å². The highest BCUT2D eigenvalue weighted by Gasteiger charge is 2.72. The second kappa shape index (κ2) is 22.4. The summed E-state index contributed by atoms with van der Waals surface area (Å²) in [5.74, 6) is 0. The van der Waals surface area contributed by atoms with E-state index in [0.717, 1.165) is 55.6 Å². The summed E-state index contributed by atoms with van der Waals surface area (Å²) in [5.41, 5.74) is 0.996. The van der Waals surface area contributed by atoms with Gasteiger partial charge in [-0.15, -0.1) is 4.52 Å². The van der Waals surface area contributed by atoms with E-state index < -0.39 is 64.7 Å². The Hall–Kier alpha value is -4.00. The van der Waals surface area contributed by atoms with Crippen molar-refractivity contribution < 1.29 is 29.3 Å². The number of hydrogen-bond donors (Lipinski definition) is 3. The average Bonchev–Trinajstić information content (AvgIpc) is 2.47. The number of aliphatic hydroxyl groups is 3. The van der Waals surface area contributed by atoms with Gasteiger partial charge in [0.2, 0.25) is 0 Å². The van der Waals surface area contributed by atoms with E-state index in [1.54, 1.807) is 0 Å². The highest BCUT2D eigenvalue weighted by atomic mass is 31.1. The van der Waals surface area contributed by atoms with E-state index in [4.69, 9.17) is 4.52 Å². The molecule has 5 rings (SSSR count). The Morgan fingerprint density at radius 3 is 0.683 bits per heavy atom. The van der Waals surface area contributed by atoms with E-state index >= 15 is 24.8 Å². The van der Waals surface area contributed by atoms with Crippen molar-refractivity contribution in [2.24, 2.45) is 5.41 Å². The van der Waals surface area contributed by atoms with Gasteiger partial charge in [0.1, 0.15) is 5.41 Å². The minimum Gasteiger partial charge on any atom is -0.566 e. The van der Waals surface area contributed by atoms with Crippen molar-refractivity contribution in [1.82, 2.24) is 0 Å². The largest absolute Gasteiger partial charge is 0.566 e. The molecule has 0 aliphatic rings. The van der Waals surface area contributed by atoms with Crippen LogP contribution in [0.1, 0.15) is 309 Å². The summed E-state index contributed by atoms with van der Waals surface area (Å²) in [5, 5.41) is 46.2. The Kier molecular flexibility index (Phi) is 18.8. The first kappa shape index (κ1) is 68.8. The quantitative estimate of drug-likeness (QED) is 0.114. The molecule has 0 aromatic heterocycles. The van der Waals surface area contributed by atoms with Crippen LogP contribution in [0.5, 0.6) is 0 Å². The summed E-state index contributed by atoms with van der Waals surface area (Å²) in [6.45, 7) is 64.3. The van der Waals surface area contributed by atoms with Crippen LogP contribution in [0.2, 0.25) is 0 Å². The first-order valence-corrected chi connectivity index (χ1v) is 31.3. The van der Waals surface area contributed by atoms with Crippen LogP contribution < -0.4 is 4.89 Å². The third kappa shape index (κ3) is 13.6. The van der Waals surface area contributed by atoms with Crippen LogP contribution in [0.25, 0.3) is 0 Å². The molecule has 4 atom stereocenters. The highest BCUT2D eigenvalue weighted by Crippen LogP contribution is 2.70. The summed E-state index contributed by atoms with van der Waals surface area (Å²) in [6, 6.07) is 30.9. The molecular formula is C75H111O6P. The Bertz CT molecular complexity index is 2850. The predicted molar refractivity (Wildman–Crippen MR) is 346 cm³/mol. The molecule has 82 heavy (non-hydrogen) atoms. The van der Waals surface area contributed by atoms with Gasteiger partial charge in [-0.05, 0) is 142 Å². The Morgan fingerprint density at radius 2 is 0.500 bits per heavy atom. The Balaban J connectivity index is 2.50. The molecule has 0 saturated heterocycles. The van der Waals surface area contributed by atoms with Crippen LogP contribution in [0, 0.1) is 5.41 Å². The lowest BCUT2D eigenvalue weighted by atomic mass is 9.50. The minimum absolute atomic E-state index is 0.312. The van der Waals surface area contributed by atoms with Gasteiger partial charge in [-0.3, -0.25) is 0 Å². The number of aliphatic hydroxyl groups excluding tert-OH is 3. The molecule has 0 saturated carbocycles. The van der Waals surface area contributed by atoms with Crippen LogP contribution in [0.15, 0.2) is 91.0 Å². The summed E-state index contributed by atoms with van der Waals surface area (Å²) < 4.78 is 22.6. The lowest BCUT2D eigenvalue weighted by Gasteiger charge is -2.57. The van der Waals surface area contributed by atoms with Gasteiger partial charge in [0.15, 0.2) is 5.60 Å². The van der Waals surface area contributed by atoms with Crippen molar-refractivity contribution in [2.45, 2.75) is 286 Å². The average molecular weight is 1140 g/mol. The van der Waals surface area contributed by atoms with Gasteiger partial charge in [0.25, 0.3) is 0 Å².